The van der Waals surface area contributed by atoms with Gasteiger partial charge < -0.3 is 10.5 Å². The van der Waals surface area contributed by atoms with Gasteiger partial charge in [-0.1, -0.05) is 6.92 Å². The number of hydrogen-bond donors (Lipinski definition) is 1. The van der Waals surface area contributed by atoms with Gasteiger partial charge in [0.15, 0.2) is 0 Å². The molecule has 0 aliphatic carbocycles. The second-order valence-corrected chi connectivity index (χ2v) is 4.36. The lowest BCUT2D eigenvalue weighted by Crippen LogP contribution is -2.30. The van der Waals surface area contributed by atoms with Crippen LogP contribution in [0.25, 0.3) is 0 Å². The van der Waals surface area contributed by atoms with Crippen LogP contribution in [0.4, 0.5) is 13.2 Å². The molecular formula is C13H19F3N2O. The van der Waals surface area contributed by atoms with E-state index in [-0.39, 0.29) is 25.2 Å². The maximum atomic E-state index is 12.0. The van der Waals surface area contributed by atoms with E-state index >= 15 is 0 Å². The van der Waals surface area contributed by atoms with Crippen LogP contribution < -0.4 is 5.73 Å². The number of nitrogens with zero attached hydrogens (tertiary/aromatic N) is 1. The number of nitrogens with two attached hydrogens (primary N) is 1. The van der Waals surface area contributed by atoms with Crippen LogP contribution in [0.15, 0.2) is 24.5 Å². The van der Waals surface area contributed by atoms with Gasteiger partial charge in [-0.15, -0.1) is 0 Å². The molecule has 0 fully saturated rings. The zero-order valence-corrected chi connectivity index (χ0v) is 10.9. The Morgan fingerprint density at radius 3 is 2.47 bits per heavy atom. The summed E-state index contributed by atoms with van der Waals surface area (Å²) in [5, 5.41) is 0. The Morgan fingerprint density at radius 1 is 1.32 bits per heavy atom. The zero-order valence-electron chi connectivity index (χ0n) is 10.9. The number of ether oxygens (including phenoxy) is 1. The molecule has 0 radical (unpaired) electrons. The Balaban J connectivity index is 2.52. The summed E-state index contributed by atoms with van der Waals surface area (Å²) < 4.78 is 41.6. The predicted octanol–water partition coefficient (Wildman–Crippen LogP) is 3.22. The van der Waals surface area contributed by atoms with Crippen molar-refractivity contribution in [1.82, 2.24) is 4.98 Å². The highest BCUT2D eigenvalue weighted by molar-refractivity contribution is 5.15. The van der Waals surface area contributed by atoms with Gasteiger partial charge in [-0.25, -0.2) is 0 Å². The third-order valence-electron chi connectivity index (χ3n) is 2.80. The number of hydrogen-bond acceptors (Lipinski definition) is 3. The summed E-state index contributed by atoms with van der Waals surface area (Å²) >= 11 is 0. The van der Waals surface area contributed by atoms with Crippen molar-refractivity contribution in [3.05, 3.63) is 30.1 Å². The Bertz CT molecular complexity index is 357. The van der Waals surface area contributed by atoms with E-state index in [9.17, 15) is 13.2 Å². The van der Waals surface area contributed by atoms with E-state index in [1.165, 1.54) is 0 Å². The first-order valence-corrected chi connectivity index (χ1v) is 6.28. The van der Waals surface area contributed by atoms with E-state index in [4.69, 9.17) is 10.5 Å². The molecule has 1 heterocycles. The fraction of sp³-hybridized carbons (Fsp3) is 0.615. The highest BCUT2D eigenvalue weighted by atomic mass is 19.4. The van der Waals surface area contributed by atoms with Crippen molar-refractivity contribution in [2.45, 2.75) is 44.5 Å². The summed E-state index contributed by atoms with van der Waals surface area (Å²) in [6.45, 7) is 1.96. The number of halogens is 3. The molecule has 0 aliphatic rings. The van der Waals surface area contributed by atoms with Crippen molar-refractivity contribution in [3.8, 4) is 0 Å². The molecule has 6 heteroatoms. The van der Waals surface area contributed by atoms with E-state index in [2.05, 4.69) is 4.98 Å². The van der Waals surface area contributed by atoms with E-state index in [1.54, 1.807) is 24.5 Å². The minimum Gasteiger partial charge on any atom is -0.372 e. The molecule has 108 valence electrons. The van der Waals surface area contributed by atoms with Crippen molar-refractivity contribution in [1.29, 1.82) is 0 Å². The fourth-order valence-corrected chi connectivity index (χ4v) is 1.72. The molecule has 0 bridgehead atoms. The van der Waals surface area contributed by atoms with Gasteiger partial charge in [0.1, 0.15) is 0 Å². The Labute approximate surface area is 111 Å². The number of rotatable bonds is 7. The minimum absolute atomic E-state index is 0.0419. The maximum Gasteiger partial charge on any atom is 0.389 e. The van der Waals surface area contributed by atoms with Crippen molar-refractivity contribution < 1.29 is 17.9 Å². The average Bonchev–Trinajstić information content (AvgIpc) is 2.38. The molecule has 2 atom stereocenters. The molecule has 2 N–H and O–H groups in total. The fourth-order valence-electron chi connectivity index (χ4n) is 1.72. The molecule has 0 aliphatic heterocycles. The Hall–Kier alpha value is -1.14. The van der Waals surface area contributed by atoms with Crippen LogP contribution in [0, 0.1) is 0 Å². The molecule has 0 spiro atoms. The van der Waals surface area contributed by atoms with Gasteiger partial charge in [0.2, 0.25) is 0 Å². The quantitative estimate of drug-likeness (QED) is 0.778. The van der Waals surface area contributed by atoms with E-state index in [1.807, 2.05) is 6.92 Å². The van der Waals surface area contributed by atoms with Crippen LogP contribution in [0.1, 0.15) is 37.9 Å². The van der Waals surface area contributed by atoms with Crippen molar-refractivity contribution >= 4 is 0 Å². The number of pyridine rings is 1. The Morgan fingerprint density at radius 2 is 1.95 bits per heavy atom. The van der Waals surface area contributed by atoms with Gasteiger partial charge in [0, 0.05) is 31.5 Å². The number of aromatic nitrogens is 1. The Kier molecular flexibility index (Phi) is 6.24. The van der Waals surface area contributed by atoms with Crippen LogP contribution in [-0.2, 0) is 4.74 Å². The van der Waals surface area contributed by atoms with Gasteiger partial charge in [-0.2, -0.15) is 13.2 Å². The summed E-state index contributed by atoms with van der Waals surface area (Å²) in [6.07, 6.45) is -1.50. The summed E-state index contributed by atoms with van der Waals surface area (Å²) in [4.78, 5) is 3.90. The molecule has 0 aromatic carbocycles. The van der Waals surface area contributed by atoms with E-state index in [0.717, 1.165) is 5.56 Å². The first-order chi connectivity index (χ1) is 8.94. The lowest BCUT2D eigenvalue weighted by molar-refractivity contribution is -0.139. The lowest BCUT2D eigenvalue weighted by Gasteiger charge is -2.23. The topological polar surface area (TPSA) is 48.1 Å². The molecule has 0 amide bonds. The first-order valence-electron chi connectivity index (χ1n) is 6.28. The highest BCUT2D eigenvalue weighted by Gasteiger charge is 2.26. The summed E-state index contributed by atoms with van der Waals surface area (Å²) in [5.74, 6) is 0. The van der Waals surface area contributed by atoms with Gasteiger partial charge >= 0.3 is 6.18 Å². The molecule has 3 nitrogen and oxygen atoms in total. The molecule has 1 aromatic rings. The standard InChI is InChI=1S/C13H19F3N2O/c1-2-11(17)12(10-4-7-18-8-5-10)19-9-3-6-13(14,15)16/h4-5,7-8,11-12H,2-3,6,9,17H2,1H3. The molecule has 0 saturated heterocycles. The van der Waals surface area contributed by atoms with Gasteiger partial charge in [0.05, 0.1) is 6.10 Å². The molecule has 1 rings (SSSR count). The van der Waals surface area contributed by atoms with Crippen molar-refractivity contribution in [2.24, 2.45) is 5.73 Å². The smallest absolute Gasteiger partial charge is 0.372 e. The largest absolute Gasteiger partial charge is 0.389 e. The molecule has 2 unspecified atom stereocenters. The molecule has 1 aromatic heterocycles. The summed E-state index contributed by atoms with van der Waals surface area (Å²) in [6, 6.07) is 3.29. The number of alkyl halides is 3. The van der Waals surface area contributed by atoms with E-state index in [0.29, 0.717) is 6.42 Å². The predicted molar refractivity (Wildman–Crippen MR) is 66.5 cm³/mol. The first kappa shape index (κ1) is 15.9. The average molecular weight is 276 g/mol. The van der Waals surface area contributed by atoms with Crippen LogP contribution in [-0.4, -0.2) is 23.8 Å². The molecule has 0 saturated carbocycles. The van der Waals surface area contributed by atoms with Crippen molar-refractivity contribution in [2.75, 3.05) is 6.61 Å². The van der Waals surface area contributed by atoms with Crippen LogP contribution in [0.2, 0.25) is 0 Å². The van der Waals surface area contributed by atoms with Gasteiger partial charge in [0.25, 0.3) is 0 Å². The van der Waals surface area contributed by atoms with Crippen LogP contribution >= 0.6 is 0 Å². The minimum atomic E-state index is -4.14. The lowest BCUT2D eigenvalue weighted by atomic mass is 10.0. The SMILES string of the molecule is CCC(N)C(OCCCC(F)(F)F)c1ccncc1. The third kappa shape index (κ3) is 6.02. The van der Waals surface area contributed by atoms with Gasteiger partial charge in [-0.3, -0.25) is 4.98 Å². The van der Waals surface area contributed by atoms with Crippen LogP contribution in [0.5, 0.6) is 0 Å². The third-order valence-corrected chi connectivity index (χ3v) is 2.80. The summed E-state index contributed by atoms with van der Waals surface area (Å²) in [5.41, 5.74) is 6.79. The van der Waals surface area contributed by atoms with Crippen LogP contribution in [0.3, 0.4) is 0 Å². The second kappa shape index (κ2) is 7.45. The highest BCUT2D eigenvalue weighted by Crippen LogP contribution is 2.24. The molecule has 19 heavy (non-hydrogen) atoms. The summed E-state index contributed by atoms with van der Waals surface area (Å²) in [7, 11) is 0. The van der Waals surface area contributed by atoms with Crippen molar-refractivity contribution in [3.63, 3.8) is 0 Å². The monoisotopic (exact) mass is 276 g/mol. The normalized spacial score (nSPS) is 15.2. The van der Waals surface area contributed by atoms with Gasteiger partial charge in [-0.05, 0) is 30.5 Å². The second-order valence-electron chi connectivity index (χ2n) is 4.36. The van der Waals surface area contributed by atoms with E-state index < -0.39 is 12.6 Å². The zero-order chi connectivity index (χ0) is 14.3. The molecular weight excluding hydrogens is 257 g/mol. The maximum absolute atomic E-state index is 12.0.